The molecule has 1 aromatic carbocycles. The number of ether oxygens (including phenoxy) is 1. The highest BCUT2D eigenvalue weighted by Gasteiger charge is 2.15. The fourth-order valence-corrected chi connectivity index (χ4v) is 1.87. The lowest BCUT2D eigenvalue weighted by molar-refractivity contribution is 0.0468. The van der Waals surface area contributed by atoms with E-state index in [9.17, 15) is 4.79 Å². The minimum absolute atomic E-state index is 0.0580. The molecule has 0 saturated carbocycles. The quantitative estimate of drug-likeness (QED) is 0.697. The predicted octanol–water partition coefficient (Wildman–Crippen LogP) is 3.33. The fraction of sp³-hybridized carbons (Fsp3) is 0.0769. The van der Waals surface area contributed by atoms with Crippen LogP contribution in [0.1, 0.15) is 16.1 Å². The van der Waals surface area contributed by atoms with Crippen molar-refractivity contribution in [3.8, 4) is 0 Å². The van der Waals surface area contributed by atoms with Gasteiger partial charge in [-0.1, -0.05) is 29.3 Å². The number of halogens is 2. The summed E-state index contributed by atoms with van der Waals surface area (Å²) in [5.74, 6) is -0.593. The number of esters is 1. The Morgan fingerprint density at radius 2 is 2.11 bits per heavy atom. The average molecular weight is 297 g/mol. The summed E-state index contributed by atoms with van der Waals surface area (Å²) < 4.78 is 5.10. The highest BCUT2D eigenvalue weighted by Crippen LogP contribution is 2.29. The second-order valence-electron chi connectivity index (χ2n) is 3.76. The molecular formula is C13H10Cl2N2O2. The van der Waals surface area contributed by atoms with E-state index in [0.717, 1.165) is 0 Å². The van der Waals surface area contributed by atoms with Gasteiger partial charge in [0, 0.05) is 11.9 Å². The van der Waals surface area contributed by atoms with Gasteiger partial charge in [-0.15, -0.1) is 0 Å². The second-order valence-corrected chi connectivity index (χ2v) is 4.55. The molecule has 0 bridgehead atoms. The third-order valence-corrected chi connectivity index (χ3v) is 3.15. The lowest BCUT2D eigenvalue weighted by Crippen LogP contribution is -2.07. The Morgan fingerprint density at radius 3 is 2.79 bits per heavy atom. The number of nitrogens with two attached hydrogens (primary N) is 1. The van der Waals surface area contributed by atoms with E-state index in [1.807, 2.05) is 0 Å². The number of nitrogen functional groups attached to an aromatic ring is 1. The molecule has 2 rings (SSSR count). The van der Waals surface area contributed by atoms with Crippen molar-refractivity contribution in [1.29, 1.82) is 0 Å². The van der Waals surface area contributed by atoms with Gasteiger partial charge in [-0.2, -0.15) is 0 Å². The van der Waals surface area contributed by atoms with Crippen LogP contribution >= 0.6 is 23.2 Å². The zero-order chi connectivity index (χ0) is 13.8. The Morgan fingerprint density at radius 1 is 1.32 bits per heavy atom. The zero-order valence-electron chi connectivity index (χ0n) is 9.77. The maximum atomic E-state index is 11.9. The summed E-state index contributed by atoms with van der Waals surface area (Å²) in [5, 5.41) is 0.341. The highest BCUT2D eigenvalue weighted by atomic mass is 35.5. The van der Waals surface area contributed by atoms with Gasteiger partial charge in [-0.05, 0) is 24.3 Å². The first-order valence-electron chi connectivity index (χ1n) is 5.39. The Balaban J connectivity index is 2.13. The van der Waals surface area contributed by atoms with Crippen LogP contribution in [0.4, 0.5) is 5.69 Å². The minimum Gasteiger partial charge on any atom is -0.456 e. The summed E-state index contributed by atoms with van der Waals surface area (Å²) >= 11 is 11.8. The molecule has 19 heavy (non-hydrogen) atoms. The van der Waals surface area contributed by atoms with Crippen molar-refractivity contribution in [2.75, 3.05) is 5.73 Å². The van der Waals surface area contributed by atoms with Crippen LogP contribution in [0.5, 0.6) is 0 Å². The van der Waals surface area contributed by atoms with Gasteiger partial charge in [0.2, 0.25) is 0 Å². The molecule has 98 valence electrons. The molecule has 0 aliphatic rings. The van der Waals surface area contributed by atoms with Gasteiger partial charge >= 0.3 is 5.97 Å². The molecule has 0 amide bonds. The van der Waals surface area contributed by atoms with E-state index in [2.05, 4.69) is 4.98 Å². The Bertz CT molecular complexity index is 603. The third-order valence-electron chi connectivity index (χ3n) is 2.35. The van der Waals surface area contributed by atoms with Crippen molar-refractivity contribution in [2.24, 2.45) is 0 Å². The van der Waals surface area contributed by atoms with E-state index in [1.165, 1.54) is 12.1 Å². The van der Waals surface area contributed by atoms with Crippen molar-refractivity contribution in [3.63, 3.8) is 0 Å². The molecule has 0 radical (unpaired) electrons. The molecule has 4 nitrogen and oxygen atoms in total. The van der Waals surface area contributed by atoms with E-state index in [1.54, 1.807) is 24.4 Å². The van der Waals surface area contributed by atoms with E-state index in [4.69, 9.17) is 33.7 Å². The summed E-state index contributed by atoms with van der Waals surface area (Å²) in [6.45, 7) is 0.0580. The normalized spacial score (nSPS) is 10.2. The van der Waals surface area contributed by atoms with Gasteiger partial charge in [-0.3, -0.25) is 4.98 Å². The van der Waals surface area contributed by atoms with Gasteiger partial charge < -0.3 is 10.5 Å². The van der Waals surface area contributed by atoms with E-state index >= 15 is 0 Å². The van der Waals surface area contributed by atoms with Gasteiger partial charge in [0.25, 0.3) is 0 Å². The molecule has 0 aliphatic heterocycles. The largest absolute Gasteiger partial charge is 0.456 e. The molecule has 2 N–H and O–H groups in total. The van der Waals surface area contributed by atoms with Gasteiger partial charge in [0.1, 0.15) is 6.61 Å². The summed E-state index contributed by atoms with van der Waals surface area (Å²) in [4.78, 5) is 15.9. The summed E-state index contributed by atoms with van der Waals surface area (Å²) in [6.07, 6.45) is 1.62. The monoisotopic (exact) mass is 296 g/mol. The molecular weight excluding hydrogens is 287 g/mol. The number of rotatable bonds is 3. The smallest absolute Gasteiger partial charge is 0.340 e. The molecule has 0 aliphatic carbocycles. The Hall–Kier alpha value is -1.78. The molecule has 1 heterocycles. The van der Waals surface area contributed by atoms with Crippen molar-refractivity contribution in [1.82, 2.24) is 4.98 Å². The van der Waals surface area contributed by atoms with Crippen LogP contribution in [-0.2, 0) is 11.3 Å². The van der Waals surface area contributed by atoms with Crippen molar-refractivity contribution >= 4 is 34.9 Å². The standard InChI is InChI=1S/C13H10Cl2N2O2/c14-11-6-8(16)5-10(12(11)15)13(18)19-7-9-3-1-2-4-17-9/h1-6H,7,16H2. The third kappa shape index (κ3) is 3.36. The van der Waals surface area contributed by atoms with Crippen LogP contribution in [0.15, 0.2) is 36.5 Å². The Labute approximate surface area is 120 Å². The molecule has 0 spiro atoms. The molecule has 0 unspecified atom stereocenters. The topological polar surface area (TPSA) is 65.2 Å². The van der Waals surface area contributed by atoms with Crippen molar-refractivity contribution in [3.05, 3.63) is 57.8 Å². The summed E-state index contributed by atoms with van der Waals surface area (Å²) in [5.41, 5.74) is 6.74. The number of hydrogen-bond donors (Lipinski definition) is 1. The van der Waals surface area contributed by atoms with Gasteiger partial charge in [0.05, 0.1) is 21.3 Å². The zero-order valence-corrected chi connectivity index (χ0v) is 11.3. The number of carbonyl (C=O) groups excluding carboxylic acids is 1. The number of benzene rings is 1. The van der Waals surface area contributed by atoms with Crippen LogP contribution in [0.25, 0.3) is 0 Å². The van der Waals surface area contributed by atoms with Gasteiger partial charge in [-0.25, -0.2) is 4.79 Å². The maximum absolute atomic E-state index is 11.9. The average Bonchev–Trinajstić information content (AvgIpc) is 2.41. The first kappa shape index (κ1) is 13.6. The fourth-order valence-electron chi connectivity index (χ4n) is 1.46. The van der Waals surface area contributed by atoms with Crippen molar-refractivity contribution < 1.29 is 9.53 Å². The van der Waals surface area contributed by atoms with E-state index in [0.29, 0.717) is 11.4 Å². The molecule has 0 atom stereocenters. The van der Waals surface area contributed by atoms with E-state index < -0.39 is 5.97 Å². The number of pyridine rings is 1. The van der Waals surface area contributed by atoms with Crippen LogP contribution in [0, 0.1) is 0 Å². The molecule has 0 saturated heterocycles. The van der Waals surface area contributed by atoms with Crippen LogP contribution in [0.3, 0.4) is 0 Å². The summed E-state index contributed by atoms with van der Waals surface area (Å²) in [7, 11) is 0. The molecule has 6 heteroatoms. The van der Waals surface area contributed by atoms with Crippen LogP contribution in [0.2, 0.25) is 10.0 Å². The number of hydrogen-bond acceptors (Lipinski definition) is 4. The number of carbonyl (C=O) groups is 1. The predicted molar refractivity (Wildman–Crippen MR) is 74.2 cm³/mol. The van der Waals surface area contributed by atoms with Crippen LogP contribution in [-0.4, -0.2) is 11.0 Å². The number of nitrogens with zero attached hydrogens (tertiary/aromatic N) is 1. The Kier molecular flexibility index (Phi) is 4.24. The summed E-state index contributed by atoms with van der Waals surface area (Å²) in [6, 6.07) is 8.23. The SMILES string of the molecule is Nc1cc(Cl)c(Cl)c(C(=O)OCc2ccccn2)c1. The van der Waals surface area contributed by atoms with E-state index in [-0.39, 0.29) is 22.2 Å². The number of anilines is 1. The lowest BCUT2D eigenvalue weighted by atomic mass is 10.2. The minimum atomic E-state index is -0.593. The lowest BCUT2D eigenvalue weighted by Gasteiger charge is -2.08. The second kappa shape index (κ2) is 5.91. The first-order chi connectivity index (χ1) is 9.08. The number of aromatic nitrogens is 1. The molecule has 2 aromatic rings. The van der Waals surface area contributed by atoms with Crippen LogP contribution < -0.4 is 5.73 Å². The maximum Gasteiger partial charge on any atom is 0.340 e. The molecule has 0 fully saturated rings. The van der Waals surface area contributed by atoms with Gasteiger partial charge in [0.15, 0.2) is 0 Å². The molecule has 1 aromatic heterocycles. The highest BCUT2D eigenvalue weighted by molar-refractivity contribution is 6.44. The van der Waals surface area contributed by atoms with Crippen molar-refractivity contribution in [2.45, 2.75) is 6.61 Å². The first-order valence-corrected chi connectivity index (χ1v) is 6.15.